The first-order chi connectivity index (χ1) is 8.40. The molecule has 0 bridgehead atoms. The third-order valence-corrected chi connectivity index (χ3v) is 5.27. The van der Waals surface area contributed by atoms with E-state index in [4.69, 9.17) is 23.5 Å². The summed E-state index contributed by atoms with van der Waals surface area (Å²) in [5.41, 5.74) is -0.159. The van der Waals surface area contributed by atoms with Gasteiger partial charge in [0.15, 0.2) is 0 Å². The van der Waals surface area contributed by atoms with Crippen LogP contribution in [0.15, 0.2) is 11.6 Å². The molecule has 0 aromatic heterocycles. The van der Waals surface area contributed by atoms with Crippen LogP contribution in [0, 0.1) is 0 Å². The molecule has 0 aromatic carbocycles. The lowest BCUT2D eigenvalue weighted by molar-refractivity contribution is -0.135. The van der Waals surface area contributed by atoms with Gasteiger partial charge in [-0.05, 0) is 12.8 Å². The summed E-state index contributed by atoms with van der Waals surface area (Å²) in [7, 11) is 1.66. The van der Waals surface area contributed by atoms with Crippen LogP contribution in [0.1, 0.15) is 12.8 Å². The SMILES string of the molecule is CO[Si](CCCC(=CC(=O)O)C(=O)O)(OC)OC. The zero-order valence-corrected chi connectivity index (χ0v) is 11.6. The molecule has 0 atom stereocenters. The molecule has 104 valence electrons. The Balaban J connectivity index is 4.47. The van der Waals surface area contributed by atoms with Crippen molar-refractivity contribution < 1.29 is 33.1 Å². The topological polar surface area (TPSA) is 102 Å². The first-order valence-corrected chi connectivity index (χ1v) is 7.16. The van der Waals surface area contributed by atoms with Gasteiger partial charge in [-0.1, -0.05) is 0 Å². The first kappa shape index (κ1) is 16.8. The zero-order valence-electron chi connectivity index (χ0n) is 10.6. The number of carboxylic acid groups (broad SMARTS) is 2. The van der Waals surface area contributed by atoms with Crippen LogP contribution in [0.2, 0.25) is 6.04 Å². The van der Waals surface area contributed by atoms with E-state index in [0.717, 1.165) is 0 Å². The summed E-state index contributed by atoms with van der Waals surface area (Å²) >= 11 is 0. The molecule has 0 rings (SSSR count). The van der Waals surface area contributed by atoms with Gasteiger partial charge < -0.3 is 23.5 Å². The van der Waals surface area contributed by atoms with Crippen molar-refractivity contribution in [2.24, 2.45) is 0 Å². The van der Waals surface area contributed by atoms with E-state index >= 15 is 0 Å². The van der Waals surface area contributed by atoms with Crippen LogP contribution in [-0.2, 0) is 22.9 Å². The highest BCUT2D eigenvalue weighted by Gasteiger charge is 2.37. The highest BCUT2D eigenvalue weighted by Crippen LogP contribution is 2.18. The van der Waals surface area contributed by atoms with E-state index in [1.165, 1.54) is 21.3 Å². The van der Waals surface area contributed by atoms with Crippen molar-refractivity contribution in [2.75, 3.05) is 21.3 Å². The van der Waals surface area contributed by atoms with Gasteiger partial charge in [-0.25, -0.2) is 9.59 Å². The number of hydrogen-bond acceptors (Lipinski definition) is 5. The molecule has 0 spiro atoms. The molecule has 0 aromatic rings. The van der Waals surface area contributed by atoms with E-state index < -0.39 is 20.7 Å². The smallest absolute Gasteiger partial charge is 0.478 e. The number of aliphatic carboxylic acids is 2. The molecule has 0 amide bonds. The van der Waals surface area contributed by atoms with E-state index in [-0.39, 0.29) is 12.0 Å². The Hall–Kier alpha value is -1.22. The minimum atomic E-state index is -2.73. The molecule has 0 saturated carbocycles. The maximum atomic E-state index is 10.8. The maximum Gasteiger partial charge on any atom is 0.500 e. The van der Waals surface area contributed by atoms with Crippen LogP contribution < -0.4 is 0 Å². The second-order valence-electron chi connectivity index (χ2n) is 3.46. The summed E-state index contributed by atoms with van der Waals surface area (Å²) in [6.45, 7) is 0. The Kier molecular flexibility index (Phi) is 7.44. The minimum Gasteiger partial charge on any atom is -0.478 e. The van der Waals surface area contributed by atoms with Crippen LogP contribution in [-0.4, -0.2) is 52.3 Å². The van der Waals surface area contributed by atoms with Gasteiger partial charge >= 0.3 is 20.7 Å². The number of carbonyl (C=O) groups is 2. The zero-order chi connectivity index (χ0) is 14.2. The summed E-state index contributed by atoms with van der Waals surface area (Å²) in [4.78, 5) is 21.2. The van der Waals surface area contributed by atoms with Crippen LogP contribution in [0.3, 0.4) is 0 Å². The Labute approximate surface area is 106 Å². The van der Waals surface area contributed by atoms with Gasteiger partial charge in [0.1, 0.15) is 0 Å². The van der Waals surface area contributed by atoms with Crippen LogP contribution in [0.5, 0.6) is 0 Å². The van der Waals surface area contributed by atoms with Gasteiger partial charge in [-0.15, -0.1) is 0 Å². The normalized spacial score (nSPS) is 12.5. The lowest BCUT2D eigenvalue weighted by Gasteiger charge is -2.24. The van der Waals surface area contributed by atoms with Gasteiger partial charge in [-0.2, -0.15) is 0 Å². The Morgan fingerprint density at radius 3 is 1.94 bits per heavy atom. The molecule has 18 heavy (non-hydrogen) atoms. The molecule has 0 aliphatic carbocycles. The molecule has 0 radical (unpaired) electrons. The molecule has 2 N–H and O–H groups in total. The van der Waals surface area contributed by atoms with Gasteiger partial charge in [0, 0.05) is 39.0 Å². The molecule has 0 unspecified atom stereocenters. The molecule has 0 fully saturated rings. The van der Waals surface area contributed by atoms with Gasteiger partial charge in [0.2, 0.25) is 0 Å². The second-order valence-corrected chi connectivity index (χ2v) is 6.55. The predicted molar refractivity (Wildman–Crippen MR) is 64.2 cm³/mol. The number of carboxylic acids is 2. The molecular weight excluding hydrogens is 260 g/mol. The van der Waals surface area contributed by atoms with Crippen LogP contribution in [0.4, 0.5) is 0 Å². The second kappa shape index (κ2) is 7.98. The fourth-order valence-corrected chi connectivity index (χ4v) is 3.16. The van der Waals surface area contributed by atoms with Crippen molar-refractivity contribution in [3.63, 3.8) is 0 Å². The van der Waals surface area contributed by atoms with E-state index in [0.29, 0.717) is 18.5 Å². The van der Waals surface area contributed by atoms with E-state index in [9.17, 15) is 9.59 Å². The Morgan fingerprint density at radius 2 is 1.61 bits per heavy atom. The van der Waals surface area contributed by atoms with Crippen molar-refractivity contribution >= 4 is 20.7 Å². The summed E-state index contributed by atoms with van der Waals surface area (Å²) in [6.07, 6.45) is 1.22. The van der Waals surface area contributed by atoms with Crippen molar-refractivity contribution in [2.45, 2.75) is 18.9 Å². The Morgan fingerprint density at radius 1 is 1.11 bits per heavy atom. The molecule has 0 saturated heterocycles. The average Bonchev–Trinajstić information content (AvgIpc) is 2.33. The Bertz CT molecular complexity index is 314. The van der Waals surface area contributed by atoms with Crippen LogP contribution in [0.25, 0.3) is 0 Å². The summed E-state index contributed by atoms with van der Waals surface area (Å²) in [5.74, 6) is -2.52. The van der Waals surface area contributed by atoms with E-state index in [2.05, 4.69) is 0 Å². The van der Waals surface area contributed by atoms with Crippen molar-refractivity contribution in [1.29, 1.82) is 0 Å². The van der Waals surface area contributed by atoms with Gasteiger partial charge in [0.25, 0.3) is 0 Å². The summed E-state index contributed by atoms with van der Waals surface area (Å²) in [6, 6.07) is 0.417. The first-order valence-electron chi connectivity index (χ1n) is 5.23. The molecule has 0 aliphatic heterocycles. The highest BCUT2D eigenvalue weighted by atomic mass is 28.4. The molecule has 7 nitrogen and oxygen atoms in total. The van der Waals surface area contributed by atoms with Crippen molar-refractivity contribution in [3.05, 3.63) is 11.6 Å². The lowest BCUT2D eigenvalue weighted by atomic mass is 10.1. The number of rotatable bonds is 9. The van der Waals surface area contributed by atoms with Crippen molar-refractivity contribution in [1.82, 2.24) is 0 Å². The summed E-state index contributed by atoms with van der Waals surface area (Å²) in [5, 5.41) is 17.3. The lowest BCUT2D eigenvalue weighted by Crippen LogP contribution is -2.42. The maximum absolute atomic E-state index is 10.8. The highest BCUT2D eigenvalue weighted by molar-refractivity contribution is 6.60. The molecule has 0 aliphatic rings. The molecular formula is C10H18O7Si. The largest absolute Gasteiger partial charge is 0.500 e. The third kappa shape index (κ3) is 5.41. The van der Waals surface area contributed by atoms with E-state index in [1.807, 2.05) is 0 Å². The van der Waals surface area contributed by atoms with E-state index in [1.54, 1.807) is 0 Å². The average molecular weight is 278 g/mol. The quantitative estimate of drug-likeness (QED) is 0.473. The monoisotopic (exact) mass is 278 g/mol. The predicted octanol–water partition coefficient (Wildman–Crippen LogP) is 0.740. The third-order valence-electron chi connectivity index (χ3n) is 2.43. The van der Waals surface area contributed by atoms with Gasteiger partial charge in [-0.3, -0.25) is 0 Å². The molecule has 0 heterocycles. The minimum absolute atomic E-state index is 0.118. The summed E-state index contributed by atoms with van der Waals surface area (Å²) < 4.78 is 15.5. The fraction of sp³-hybridized carbons (Fsp3) is 0.600. The number of hydrogen-bond donors (Lipinski definition) is 2. The molecule has 8 heteroatoms. The van der Waals surface area contributed by atoms with Crippen LogP contribution >= 0.6 is 0 Å². The standard InChI is InChI=1S/C10H18O7Si/c1-15-18(16-2,17-3)6-4-5-8(10(13)14)7-9(11)12/h7H,4-6H2,1-3H3,(H,11,12)(H,13,14). The van der Waals surface area contributed by atoms with Crippen molar-refractivity contribution in [3.8, 4) is 0 Å². The fourth-order valence-electron chi connectivity index (χ4n) is 1.44. The van der Waals surface area contributed by atoms with Gasteiger partial charge in [0.05, 0.1) is 0 Å².